The van der Waals surface area contributed by atoms with Gasteiger partial charge in [0.1, 0.15) is 12.4 Å². The molecule has 3 aromatic carbocycles. The zero-order valence-corrected chi connectivity index (χ0v) is 28.9. The number of aromatic nitrogens is 1. The van der Waals surface area contributed by atoms with Gasteiger partial charge in [-0.05, 0) is 83.7 Å². The van der Waals surface area contributed by atoms with E-state index >= 15 is 0 Å². The molecule has 2 heterocycles. The van der Waals surface area contributed by atoms with E-state index in [2.05, 4.69) is 22.0 Å². The zero-order valence-electron chi connectivity index (χ0n) is 26.5. The fraction of sp³-hybridized carbons (Fsp3) is 0.278. The molecule has 0 spiro atoms. The Morgan fingerprint density at radius 3 is 2.53 bits per heavy atom. The first kappa shape index (κ1) is 33.7. The number of carbonyl (C=O) groups is 1. The van der Waals surface area contributed by atoms with Gasteiger partial charge in [-0.1, -0.05) is 55.0 Å². The summed E-state index contributed by atoms with van der Waals surface area (Å²) < 4.78 is 25.6. The second-order valence-corrected chi connectivity index (χ2v) is 12.4. The molecule has 11 heteroatoms. The highest BCUT2D eigenvalue weighted by molar-refractivity contribution is 9.10. The van der Waals surface area contributed by atoms with Gasteiger partial charge in [-0.15, -0.1) is 0 Å². The number of methoxy groups -OCH3 is 1. The second-order valence-electron chi connectivity index (χ2n) is 10.5. The third-order valence-corrected chi connectivity index (χ3v) is 9.07. The number of fused-ring (bicyclic) bond motifs is 1. The predicted molar refractivity (Wildman–Crippen MR) is 183 cm³/mol. The van der Waals surface area contributed by atoms with Crippen molar-refractivity contribution >= 4 is 39.3 Å². The SMILES string of the molecule is CCCC1=C(C(=O)OCC)[C@H](c2ccc(OC)c(Br)c2)n2c(s/c(=C/c3ccc(OCc4ccccc4C#N)c(OCC)c3)c2=O)=N1. The normalized spacial score (nSPS) is 14.2. The predicted octanol–water partition coefficient (Wildman–Crippen LogP) is 6.20. The van der Waals surface area contributed by atoms with Gasteiger partial charge in [-0.3, -0.25) is 9.36 Å². The van der Waals surface area contributed by atoms with Gasteiger partial charge in [0.25, 0.3) is 5.56 Å². The molecule has 0 unspecified atom stereocenters. The lowest BCUT2D eigenvalue weighted by Gasteiger charge is -2.26. The fourth-order valence-electron chi connectivity index (χ4n) is 5.35. The van der Waals surface area contributed by atoms with Crippen LogP contribution in [0.4, 0.5) is 0 Å². The van der Waals surface area contributed by atoms with Crippen LogP contribution in [0, 0.1) is 11.3 Å². The lowest BCUT2D eigenvalue weighted by atomic mass is 9.94. The molecule has 0 aliphatic carbocycles. The highest BCUT2D eigenvalue weighted by atomic mass is 79.9. The molecule has 1 atom stereocenters. The number of ether oxygens (including phenoxy) is 4. The lowest BCUT2D eigenvalue weighted by molar-refractivity contribution is -0.139. The smallest absolute Gasteiger partial charge is 0.338 e. The van der Waals surface area contributed by atoms with Crippen LogP contribution in [0.5, 0.6) is 17.2 Å². The second kappa shape index (κ2) is 15.3. The summed E-state index contributed by atoms with van der Waals surface area (Å²) in [6.45, 7) is 6.45. The van der Waals surface area contributed by atoms with E-state index in [0.717, 1.165) is 23.1 Å². The van der Waals surface area contributed by atoms with Crippen LogP contribution in [0.15, 0.2) is 86.2 Å². The molecule has 0 amide bonds. The van der Waals surface area contributed by atoms with E-state index in [1.54, 1.807) is 42.9 Å². The summed E-state index contributed by atoms with van der Waals surface area (Å²) >= 11 is 4.83. The third kappa shape index (κ3) is 7.19. The Kier molecular flexibility index (Phi) is 11.0. The molecule has 242 valence electrons. The van der Waals surface area contributed by atoms with Gasteiger partial charge in [-0.25, -0.2) is 9.79 Å². The molecule has 4 aromatic rings. The number of esters is 1. The van der Waals surface area contributed by atoms with E-state index < -0.39 is 12.0 Å². The van der Waals surface area contributed by atoms with Crippen molar-refractivity contribution in [1.29, 1.82) is 5.26 Å². The minimum Gasteiger partial charge on any atom is -0.496 e. The van der Waals surface area contributed by atoms with Crippen molar-refractivity contribution in [3.63, 3.8) is 0 Å². The number of nitriles is 1. The minimum absolute atomic E-state index is 0.192. The van der Waals surface area contributed by atoms with Gasteiger partial charge < -0.3 is 18.9 Å². The van der Waals surface area contributed by atoms with Gasteiger partial charge in [-0.2, -0.15) is 5.26 Å². The van der Waals surface area contributed by atoms with Gasteiger partial charge in [0.2, 0.25) is 0 Å². The van der Waals surface area contributed by atoms with Crippen LogP contribution < -0.4 is 29.1 Å². The van der Waals surface area contributed by atoms with Crippen molar-refractivity contribution < 1.29 is 23.7 Å². The molecule has 5 rings (SSSR count). The van der Waals surface area contributed by atoms with Crippen LogP contribution in [0.25, 0.3) is 6.08 Å². The maximum atomic E-state index is 14.2. The molecular weight excluding hydrogens is 682 g/mol. The Balaban J connectivity index is 1.60. The third-order valence-electron chi connectivity index (χ3n) is 7.47. The largest absolute Gasteiger partial charge is 0.496 e. The van der Waals surface area contributed by atoms with Crippen molar-refractivity contribution in [2.45, 2.75) is 46.3 Å². The number of nitrogens with zero attached hydrogens (tertiary/aromatic N) is 3. The topological polar surface area (TPSA) is 112 Å². The van der Waals surface area contributed by atoms with Crippen LogP contribution in [0.3, 0.4) is 0 Å². The standard InChI is InChI=1S/C36H34BrN3O6S/c1-5-10-27-32(35(42)45-7-3)33(23-14-16-28(43-4)26(37)19-23)40-34(41)31(47-36(40)39-27)18-22-13-15-29(30(17-22)44-6-2)46-21-25-12-9-8-11-24(25)20-38/h8-9,11-19,33H,5-7,10,21H2,1-4H3/b31-18+/t33-/m0/s1. The average molecular weight is 717 g/mol. The summed E-state index contributed by atoms with van der Waals surface area (Å²) in [7, 11) is 1.58. The van der Waals surface area contributed by atoms with E-state index in [9.17, 15) is 14.9 Å². The van der Waals surface area contributed by atoms with E-state index in [4.69, 9.17) is 23.9 Å². The number of halogens is 1. The highest BCUT2D eigenvalue weighted by Gasteiger charge is 2.34. The zero-order chi connectivity index (χ0) is 33.5. The molecule has 9 nitrogen and oxygen atoms in total. The number of thiazole rings is 1. The molecule has 1 aromatic heterocycles. The molecule has 0 radical (unpaired) electrons. The Hall–Kier alpha value is -4.66. The van der Waals surface area contributed by atoms with E-state index in [1.807, 2.05) is 56.3 Å². The quantitative estimate of drug-likeness (QED) is 0.161. The first-order chi connectivity index (χ1) is 22.8. The van der Waals surface area contributed by atoms with E-state index in [-0.39, 0.29) is 18.8 Å². The summed E-state index contributed by atoms with van der Waals surface area (Å²) in [4.78, 5) is 33.0. The molecule has 1 aliphatic rings. The number of benzene rings is 3. The maximum absolute atomic E-state index is 14.2. The Labute approximate surface area is 285 Å². The summed E-state index contributed by atoms with van der Waals surface area (Å²) in [6, 6.07) is 19.7. The first-order valence-electron chi connectivity index (χ1n) is 15.3. The molecule has 0 N–H and O–H groups in total. The highest BCUT2D eigenvalue weighted by Crippen LogP contribution is 2.36. The van der Waals surface area contributed by atoms with Gasteiger partial charge in [0.15, 0.2) is 16.3 Å². The van der Waals surface area contributed by atoms with Crippen molar-refractivity contribution in [1.82, 2.24) is 4.57 Å². The molecule has 1 aliphatic heterocycles. The summed E-state index contributed by atoms with van der Waals surface area (Å²) in [6.07, 6.45) is 3.09. The molecule has 0 saturated heterocycles. The summed E-state index contributed by atoms with van der Waals surface area (Å²) in [5, 5.41) is 9.44. The molecule has 47 heavy (non-hydrogen) atoms. The van der Waals surface area contributed by atoms with Crippen LogP contribution in [0.2, 0.25) is 0 Å². The summed E-state index contributed by atoms with van der Waals surface area (Å²) in [5.74, 6) is 1.16. The first-order valence-corrected chi connectivity index (χ1v) is 16.9. The van der Waals surface area contributed by atoms with Crippen LogP contribution in [-0.4, -0.2) is 30.9 Å². The maximum Gasteiger partial charge on any atom is 0.338 e. The fourth-order valence-corrected chi connectivity index (χ4v) is 6.93. The number of rotatable bonds is 12. The Morgan fingerprint density at radius 1 is 1.04 bits per heavy atom. The molecular formula is C36H34BrN3O6S. The molecule has 0 bridgehead atoms. The van der Waals surface area contributed by atoms with Crippen LogP contribution >= 0.6 is 27.3 Å². The monoisotopic (exact) mass is 715 g/mol. The molecule has 0 saturated carbocycles. The van der Waals surface area contributed by atoms with E-state index in [0.29, 0.717) is 60.9 Å². The number of allylic oxidation sites excluding steroid dienone is 1. The van der Waals surface area contributed by atoms with Crippen molar-refractivity contribution in [3.8, 4) is 23.3 Å². The lowest BCUT2D eigenvalue weighted by Crippen LogP contribution is -2.40. The van der Waals surface area contributed by atoms with Gasteiger partial charge in [0.05, 0.1) is 58.3 Å². The van der Waals surface area contributed by atoms with Crippen molar-refractivity contribution in [2.24, 2.45) is 4.99 Å². The van der Waals surface area contributed by atoms with Crippen LogP contribution in [-0.2, 0) is 16.1 Å². The summed E-state index contributed by atoms with van der Waals surface area (Å²) in [5.41, 5.74) is 3.43. The average Bonchev–Trinajstić information content (AvgIpc) is 3.38. The van der Waals surface area contributed by atoms with Crippen LogP contribution in [0.1, 0.15) is 61.9 Å². The molecule has 0 fully saturated rings. The number of hydrogen-bond donors (Lipinski definition) is 0. The van der Waals surface area contributed by atoms with E-state index in [1.165, 1.54) is 11.3 Å². The van der Waals surface area contributed by atoms with Gasteiger partial charge >= 0.3 is 5.97 Å². The Morgan fingerprint density at radius 2 is 1.83 bits per heavy atom. The Bertz CT molecular complexity index is 2060. The number of carbonyl (C=O) groups excluding carboxylic acids is 1. The number of hydrogen-bond acceptors (Lipinski definition) is 9. The van der Waals surface area contributed by atoms with Crippen molar-refractivity contribution in [3.05, 3.63) is 118 Å². The minimum atomic E-state index is -0.748. The van der Waals surface area contributed by atoms with Gasteiger partial charge in [0, 0.05) is 5.56 Å². The van der Waals surface area contributed by atoms with Crippen molar-refractivity contribution in [2.75, 3.05) is 20.3 Å².